The molecule has 1 aromatic rings. The molecule has 9 heteroatoms. The van der Waals surface area contributed by atoms with Crippen LogP contribution in [0.4, 0.5) is 4.79 Å². The number of carbonyl (C=O) groups is 2. The molecule has 0 saturated carbocycles. The van der Waals surface area contributed by atoms with Crippen LogP contribution in [0, 0.1) is 0 Å². The van der Waals surface area contributed by atoms with Gasteiger partial charge in [0.1, 0.15) is 5.69 Å². The molecule has 1 atom stereocenters. The van der Waals surface area contributed by atoms with E-state index in [1.807, 2.05) is 18.9 Å². The van der Waals surface area contributed by atoms with Gasteiger partial charge in [0.2, 0.25) is 0 Å². The summed E-state index contributed by atoms with van der Waals surface area (Å²) in [4.78, 5) is 33.2. The van der Waals surface area contributed by atoms with Gasteiger partial charge in [-0.1, -0.05) is 0 Å². The number of rotatable bonds is 7. The van der Waals surface area contributed by atoms with Gasteiger partial charge in [0.05, 0.1) is 0 Å². The zero-order valence-electron chi connectivity index (χ0n) is 18.8. The Morgan fingerprint density at radius 3 is 2.53 bits per heavy atom. The van der Waals surface area contributed by atoms with Crippen molar-refractivity contribution >= 4 is 11.9 Å². The molecule has 0 aromatic carbocycles. The number of ether oxygens (including phenoxy) is 1. The molecule has 30 heavy (non-hydrogen) atoms. The van der Waals surface area contributed by atoms with Crippen molar-refractivity contribution in [1.29, 1.82) is 0 Å². The highest BCUT2D eigenvalue weighted by molar-refractivity contribution is 5.92. The van der Waals surface area contributed by atoms with Crippen molar-refractivity contribution in [2.75, 3.05) is 60.5 Å². The summed E-state index contributed by atoms with van der Waals surface area (Å²) in [5.41, 5.74) is 0.626. The van der Waals surface area contributed by atoms with Crippen LogP contribution in [0.5, 0.6) is 0 Å². The van der Waals surface area contributed by atoms with Crippen molar-refractivity contribution in [3.8, 4) is 0 Å². The van der Waals surface area contributed by atoms with Crippen molar-refractivity contribution < 1.29 is 14.3 Å². The Morgan fingerprint density at radius 2 is 1.87 bits per heavy atom. The second-order valence-corrected chi connectivity index (χ2v) is 8.41. The van der Waals surface area contributed by atoms with E-state index in [0.29, 0.717) is 30.9 Å². The predicted molar refractivity (Wildman–Crippen MR) is 114 cm³/mol. The lowest BCUT2D eigenvalue weighted by molar-refractivity contribution is 0.0151. The van der Waals surface area contributed by atoms with Crippen LogP contribution in [0.3, 0.4) is 0 Å². The lowest BCUT2D eigenvalue weighted by atomic mass is 10.0. The maximum Gasteiger partial charge on any atom is 0.319 e. The molecule has 1 aromatic heterocycles. The van der Waals surface area contributed by atoms with E-state index in [1.165, 1.54) is 0 Å². The fourth-order valence-electron chi connectivity index (χ4n) is 4.48. The Bertz CT molecular complexity index is 715. The van der Waals surface area contributed by atoms with E-state index in [1.54, 1.807) is 40.8 Å². The van der Waals surface area contributed by atoms with Gasteiger partial charge in [-0.25, -0.2) is 4.79 Å². The Kier molecular flexibility index (Phi) is 7.71. The lowest BCUT2D eigenvalue weighted by Crippen LogP contribution is -2.50. The summed E-state index contributed by atoms with van der Waals surface area (Å²) in [6.07, 6.45) is 4.64. The Labute approximate surface area is 179 Å². The van der Waals surface area contributed by atoms with Crippen LogP contribution in [-0.4, -0.2) is 114 Å². The molecule has 168 valence electrons. The second kappa shape index (κ2) is 10.3. The van der Waals surface area contributed by atoms with E-state index in [-0.39, 0.29) is 11.9 Å². The number of aromatic nitrogens is 2. The zero-order valence-corrected chi connectivity index (χ0v) is 18.8. The summed E-state index contributed by atoms with van der Waals surface area (Å²) in [6.45, 7) is 7.17. The highest BCUT2D eigenvalue weighted by atomic mass is 16.5. The van der Waals surface area contributed by atoms with Crippen LogP contribution in [0.2, 0.25) is 0 Å². The topological polar surface area (TPSA) is 74.2 Å². The second-order valence-electron chi connectivity index (χ2n) is 8.41. The minimum absolute atomic E-state index is 0.00267. The average Bonchev–Trinajstić information content (AvgIpc) is 3.43. The Morgan fingerprint density at radius 1 is 1.13 bits per heavy atom. The summed E-state index contributed by atoms with van der Waals surface area (Å²) in [5.74, 6) is -0.00267. The molecule has 0 spiro atoms. The maximum atomic E-state index is 12.9. The number of urea groups is 1. The number of amides is 3. The summed E-state index contributed by atoms with van der Waals surface area (Å²) in [5, 5.41) is 4.21. The fourth-order valence-corrected chi connectivity index (χ4v) is 4.48. The number of likely N-dealkylation sites (tertiary alicyclic amines) is 1. The van der Waals surface area contributed by atoms with Crippen molar-refractivity contribution in [1.82, 2.24) is 29.4 Å². The monoisotopic (exact) mass is 420 g/mol. The molecule has 2 saturated heterocycles. The predicted octanol–water partition coefficient (Wildman–Crippen LogP) is 1.21. The molecule has 1 unspecified atom stereocenters. The normalized spacial score (nSPS) is 20.0. The molecule has 0 N–H and O–H groups in total. The van der Waals surface area contributed by atoms with Crippen LogP contribution in [0.15, 0.2) is 12.3 Å². The Balaban J connectivity index is 1.64. The van der Waals surface area contributed by atoms with Crippen molar-refractivity contribution in [3.05, 3.63) is 18.0 Å². The molecule has 0 aliphatic carbocycles. The fraction of sp³-hybridized carbons (Fsp3) is 0.762. The molecular formula is C21H36N6O3. The highest BCUT2D eigenvalue weighted by Crippen LogP contribution is 2.24. The van der Waals surface area contributed by atoms with Crippen molar-refractivity contribution in [2.24, 2.45) is 0 Å². The summed E-state index contributed by atoms with van der Waals surface area (Å²) < 4.78 is 7.30. The Hall–Kier alpha value is -2.13. The van der Waals surface area contributed by atoms with Gasteiger partial charge >= 0.3 is 6.03 Å². The van der Waals surface area contributed by atoms with Gasteiger partial charge in [0.25, 0.3) is 5.91 Å². The number of nitrogens with zero attached hydrogens (tertiary/aromatic N) is 6. The summed E-state index contributed by atoms with van der Waals surface area (Å²) >= 11 is 0. The van der Waals surface area contributed by atoms with Gasteiger partial charge in [-0.15, -0.1) is 0 Å². The van der Waals surface area contributed by atoms with Crippen molar-refractivity contribution in [3.63, 3.8) is 0 Å². The third-order valence-electron chi connectivity index (χ3n) is 6.22. The number of hydrogen-bond acceptors (Lipinski definition) is 5. The molecule has 2 aliphatic heterocycles. The molecule has 3 amide bonds. The van der Waals surface area contributed by atoms with Crippen LogP contribution in [-0.2, 0) is 11.3 Å². The quantitative estimate of drug-likeness (QED) is 0.663. The van der Waals surface area contributed by atoms with Crippen LogP contribution >= 0.6 is 0 Å². The molecule has 0 radical (unpaired) electrons. The first-order chi connectivity index (χ1) is 14.4. The highest BCUT2D eigenvalue weighted by Gasteiger charge is 2.35. The van der Waals surface area contributed by atoms with Crippen molar-refractivity contribution in [2.45, 2.75) is 44.8 Å². The standard InChI is InChI=1S/C21H36N6O3/c1-5-27-19(6-10-22-27)20(28)24(4)12-13-26(17-8-14-30-15-9-17)18-7-11-25(16-18)21(29)23(2)3/h6,10,17-18H,5,7-9,11-16H2,1-4H3. The smallest absolute Gasteiger partial charge is 0.319 e. The molecule has 3 rings (SSSR count). The summed E-state index contributed by atoms with van der Waals surface area (Å²) in [7, 11) is 5.45. The zero-order chi connectivity index (χ0) is 21.7. The number of aryl methyl sites for hydroxylation is 1. The first kappa shape index (κ1) is 22.6. The van der Waals surface area contributed by atoms with E-state index in [4.69, 9.17) is 4.74 Å². The van der Waals surface area contributed by atoms with Crippen LogP contribution in [0.1, 0.15) is 36.7 Å². The van der Waals surface area contributed by atoms with Gasteiger partial charge in [-0.3, -0.25) is 14.4 Å². The van der Waals surface area contributed by atoms with E-state index >= 15 is 0 Å². The number of likely N-dealkylation sites (N-methyl/N-ethyl adjacent to an activating group) is 1. The van der Waals surface area contributed by atoms with E-state index < -0.39 is 0 Å². The molecule has 3 heterocycles. The minimum atomic E-state index is -0.00267. The molecule has 2 aliphatic rings. The lowest BCUT2D eigenvalue weighted by Gasteiger charge is -2.39. The van der Waals surface area contributed by atoms with E-state index in [0.717, 1.165) is 52.1 Å². The molecule has 0 bridgehead atoms. The minimum Gasteiger partial charge on any atom is -0.381 e. The van der Waals surface area contributed by atoms with Crippen LogP contribution < -0.4 is 0 Å². The van der Waals surface area contributed by atoms with Crippen LogP contribution in [0.25, 0.3) is 0 Å². The third kappa shape index (κ3) is 5.13. The SMILES string of the molecule is CCn1nccc1C(=O)N(C)CCN(C1CCOCC1)C1CCN(C(=O)N(C)C)C1. The first-order valence-electron chi connectivity index (χ1n) is 11.0. The maximum absolute atomic E-state index is 12.9. The first-order valence-corrected chi connectivity index (χ1v) is 11.0. The van der Waals surface area contributed by atoms with Gasteiger partial charge in [-0.2, -0.15) is 5.10 Å². The molecular weight excluding hydrogens is 384 g/mol. The largest absolute Gasteiger partial charge is 0.381 e. The van der Waals surface area contributed by atoms with E-state index in [2.05, 4.69) is 10.00 Å². The van der Waals surface area contributed by atoms with Gasteiger partial charge < -0.3 is 19.4 Å². The van der Waals surface area contributed by atoms with Gasteiger partial charge in [0.15, 0.2) is 0 Å². The third-order valence-corrected chi connectivity index (χ3v) is 6.22. The van der Waals surface area contributed by atoms with Gasteiger partial charge in [-0.05, 0) is 32.3 Å². The van der Waals surface area contributed by atoms with E-state index in [9.17, 15) is 9.59 Å². The van der Waals surface area contributed by atoms with Gasteiger partial charge in [0, 0.05) is 85.4 Å². The molecule has 2 fully saturated rings. The summed E-state index contributed by atoms with van der Waals surface area (Å²) in [6, 6.07) is 2.61. The number of hydrogen-bond donors (Lipinski definition) is 0. The average molecular weight is 421 g/mol. The molecule has 9 nitrogen and oxygen atoms in total. The number of carbonyl (C=O) groups excluding carboxylic acids is 2.